The molecule has 4 N–H and O–H groups in total. The van der Waals surface area contributed by atoms with E-state index < -0.39 is 0 Å². The van der Waals surface area contributed by atoms with Crippen LogP contribution in [0.3, 0.4) is 0 Å². The molecule has 0 aliphatic carbocycles. The summed E-state index contributed by atoms with van der Waals surface area (Å²) in [4.78, 5) is 26.0. The lowest BCUT2D eigenvalue weighted by Gasteiger charge is -2.04. The van der Waals surface area contributed by atoms with E-state index in [2.05, 4.69) is 25.4 Å². The van der Waals surface area contributed by atoms with Crippen molar-refractivity contribution in [3.63, 3.8) is 0 Å². The Morgan fingerprint density at radius 2 is 2.28 bits per heavy atom. The summed E-state index contributed by atoms with van der Waals surface area (Å²) in [5, 5.41) is 1.21. The van der Waals surface area contributed by atoms with Crippen LogP contribution in [0.5, 0.6) is 0 Å². The molecule has 0 saturated heterocycles. The van der Waals surface area contributed by atoms with Gasteiger partial charge in [0, 0.05) is 11.8 Å². The van der Waals surface area contributed by atoms with Crippen LogP contribution >= 0.6 is 23.4 Å². The first-order valence-electron chi connectivity index (χ1n) is 4.83. The van der Waals surface area contributed by atoms with E-state index in [1.165, 1.54) is 12.3 Å². The number of nitrogens with zero attached hydrogens (tertiary/aromatic N) is 3. The lowest BCUT2D eigenvalue weighted by molar-refractivity contribution is 0.900. The van der Waals surface area contributed by atoms with Crippen molar-refractivity contribution in [2.45, 2.75) is 17.1 Å². The maximum atomic E-state index is 11.3. The largest absolute Gasteiger partial charge is 0.301 e. The molecule has 2 aromatic heterocycles. The van der Waals surface area contributed by atoms with Crippen molar-refractivity contribution < 1.29 is 0 Å². The first kappa shape index (κ1) is 12.8. The summed E-state index contributed by atoms with van der Waals surface area (Å²) in [6.45, 7) is 1.73. The van der Waals surface area contributed by atoms with Crippen LogP contribution in [0.4, 0.5) is 5.95 Å². The Morgan fingerprint density at radius 3 is 2.94 bits per heavy atom. The number of rotatable bonds is 3. The number of hydrogen-bond donors (Lipinski definition) is 3. The first-order valence-corrected chi connectivity index (χ1v) is 6.03. The van der Waals surface area contributed by atoms with Crippen LogP contribution < -0.4 is 16.8 Å². The van der Waals surface area contributed by atoms with E-state index in [-0.39, 0.29) is 11.5 Å². The van der Waals surface area contributed by atoms with Gasteiger partial charge in [-0.1, -0.05) is 11.6 Å². The lowest BCUT2D eigenvalue weighted by Crippen LogP contribution is -2.11. The molecule has 0 fully saturated rings. The summed E-state index contributed by atoms with van der Waals surface area (Å²) in [5.74, 6) is 5.44. The predicted molar refractivity (Wildman–Crippen MR) is 68.6 cm³/mol. The van der Waals surface area contributed by atoms with Crippen molar-refractivity contribution in [3.05, 3.63) is 33.3 Å². The van der Waals surface area contributed by atoms with Crippen molar-refractivity contribution in [2.75, 3.05) is 5.43 Å². The molecule has 0 aliphatic rings. The fourth-order valence-electron chi connectivity index (χ4n) is 1.18. The molecule has 2 aromatic rings. The number of aromatic nitrogens is 4. The van der Waals surface area contributed by atoms with Gasteiger partial charge in [0.15, 0.2) is 5.16 Å². The molecule has 0 radical (unpaired) electrons. The van der Waals surface area contributed by atoms with Gasteiger partial charge in [0.2, 0.25) is 5.95 Å². The average Bonchev–Trinajstić information content (AvgIpc) is 2.30. The van der Waals surface area contributed by atoms with Gasteiger partial charge in [-0.05, 0) is 18.7 Å². The zero-order chi connectivity index (χ0) is 13.1. The van der Waals surface area contributed by atoms with Gasteiger partial charge < -0.3 is 4.98 Å². The summed E-state index contributed by atoms with van der Waals surface area (Å²) in [7, 11) is 0. The van der Waals surface area contributed by atoms with Gasteiger partial charge in [0.1, 0.15) is 5.03 Å². The quantitative estimate of drug-likeness (QED) is 0.333. The summed E-state index contributed by atoms with van der Waals surface area (Å²) in [5.41, 5.74) is 2.70. The van der Waals surface area contributed by atoms with E-state index in [1.807, 2.05) is 0 Å². The molecule has 0 amide bonds. The van der Waals surface area contributed by atoms with Crippen molar-refractivity contribution in [2.24, 2.45) is 5.84 Å². The number of halogens is 1. The van der Waals surface area contributed by atoms with Crippen LogP contribution in [0, 0.1) is 6.92 Å². The second-order valence-electron chi connectivity index (χ2n) is 3.29. The van der Waals surface area contributed by atoms with E-state index >= 15 is 0 Å². The molecule has 0 atom stereocenters. The monoisotopic (exact) mass is 284 g/mol. The normalized spacial score (nSPS) is 10.4. The third-order valence-corrected chi connectivity index (χ3v) is 3.16. The summed E-state index contributed by atoms with van der Waals surface area (Å²) < 4.78 is 0. The van der Waals surface area contributed by atoms with Crippen molar-refractivity contribution in [1.82, 2.24) is 19.9 Å². The SMILES string of the molecule is Cc1cc(=O)[nH]c(Sc2nc(NN)ncc2Cl)n1. The van der Waals surface area contributed by atoms with Gasteiger partial charge in [-0.3, -0.25) is 10.2 Å². The standard InChI is InChI=1S/C9H9ClN6OS/c1-4-2-6(17)14-9(13-4)18-7-5(10)3-12-8(15-7)16-11/h2-3H,11H2,1H3,(H,12,15,16)(H,13,14,17). The van der Waals surface area contributed by atoms with Gasteiger partial charge in [-0.25, -0.2) is 20.8 Å². The zero-order valence-corrected chi connectivity index (χ0v) is 10.8. The molecule has 0 aromatic carbocycles. The zero-order valence-electron chi connectivity index (χ0n) is 9.27. The van der Waals surface area contributed by atoms with Crippen LogP contribution in [-0.4, -0.2) is 19.9 Å². The molecule has 0 unspecified atom stereocenters. The molecular formula is C9H9ClN6OS. The second-order valence-corrected chi connectivity index (χ2v) is 4.67. The maximum Gasteiger partial charge on any atom is 0.251 e. The Bertz CT molecular complexity index is 631. The van der Waals surface area contributed by atoms with Gasteiger partial charge in [-0.2, -0.15) is 0 Å². The minimum absolute atomic E-state index is 0.229. The Kier molecular flexibility index (Phi) is 3.80. The number of nitrogens with one attached hydrogen (secondary N) is 2. The Balaban J connectivity index is 2.36. The molecule has 2 rings (SSSR count). The number of hydrazine groups is 1. The average molecular weight is 285 g/mol. The highest BCUT2D eigenvalue weighted by molar-refractivity contribution is 7.99. The Hall–Kier alpha value is -1.64. The highest BCUT2D eigenvalue weighted by Crippen LogP contribution is 2.29. The molecule has 2 heterocycles. The van der Waals surface area contributed by atoms with Gasteiger partial charge >= 0.3 is 0 Å². The highest BCUT2D eigenvalue weighted by atomic mass is 35.5. The number of aromatic amines is 1. The summed E-state index contributed by atoms with van der Waals surface area (Å²) >= 11 is 7.08. The van der Waals surface area contributed by atoms with Crippen molar-refractivity contribution >= 4 is 29.3 Å². The van der Waals surface area contributed by atoms with E-state index in [0.29, 0.717) is 20.9 Å². The molecule has 0 aliphatic heterocycles. The molecule has 0 bridgehead atoms. The van der Waals surface area contributed by atoms with Crippen molar-refractivity contribution in [3.8, 4) is 0 Å². The smallest absolute Gasteiger partial charge is 0.251 e. The number of nitrogen functional groups attached to an aromatic ring is 1. The summed E-state index contributed by atoms with van der Waals surface area (Å²) in [6, 6.07) is 1.40. The first-order chi connectivity index (χ1) is 8.58. The molecular weight excluding hydrogens is 276 g/mol. The number of hydrogen-bond acceptors (Lipinski definition) is 7. The van der Waals surface area contributed by atoms with E-state index in [4.69, 9.17) is 17.4 Å². The van der Waals surface area contributed by atoms with Crippen LogP contribution in [0.2, 0.25) is 5.02 Å². The number of H-pyrrole nitrogens is 1. The second kappa shape index (κ2) is 5.34. The molecule has 18 heavy (non-hydrogen) atoms. The number of anilines is 1. The fourth-order valence-corrected chi connectivity index (χ4v) is 2.20. The van der Waals surface area contributed by atoms with Crippen LogP contribution in [0.15, 0.2) is 27.2 Å². The maximum absolute atomic E-state index is 11.3. The van der Waals surface area contributed by atoms with Gasteiger partial charge in [0.25, 0.3) is 5.56 Å². The number of aryl methyl sites for hydroxylation is 1. The number of nitrogens with two attached hydrogens (primary N) is 1. The third-order valence-electron chi connectivity index (χ3n) is 1.88. The fraction of sp³-hybridized carbons (Fsp3) is 0.111. The highest BCUT2D eigenvalue weighted by Gasteiger charge is 2.09. The summed E-state index contributed by atoms with van der Waals surface area (Å²) in [6.07, 6.45) is 1.42. The molecule has 0 spiro atoms. The minimum Gasteiger partial charge on any atom is -0.301 e. The van der Waals surface area contributed by atoms with E-state index in [1.54, 1.807) is 6.92 Å². The van der Waals surface area contributed by atoms with Crippen molar-refractivity contribution in [1.29, 1.82) is 0 Å². The van der Waals surface area contributed by atoms with E-state index in [0.717, 1.165) is 11.8 Å². The topological polar surface area (TPSA) is 110 Å². The Morgan fingerprint density at radius 1 is 1.50 bits per heavy atom. The van der Waals surface area contributed by atoms with Crippen LogP contribution in [0.25, 0.3) is 0 Å². The third kappa shape index (κ3) is 2.97. The molecule has 9 heteroatoms. The van der Waals surface area contributed by atoms with Crippen LogP contribution in [0.1, 0.15) is 5.69 Å². The Labute approximate surface area is 111 Å². The van der Waals surface area contributed by atoms with E-state index in [9.17, 15) is 4.79 Å². The molecule has 0 saturated carbocycles. The van der Waals surface area contributed by atoms with Crippen LogP contribution in [-0.2, 0) is 0 Å². The lowest BCUT2D eigenvalue weighted by atomic mass is 10.5. The molecule has 94 valence electrons. The van der Waals surface area contributed by atoms with Gasteiger partial charge in [0.05, 0.1) is 11.2 Å². The van der Waals surface area contributed by atoms with Gasteiger partial charge in [-0.15, -0.1) is 0 Å². The predicted octanol–water partition coefficient (Wildman–Crippen LogP) is 0.959. The minimum atomic E-state index is -0.229. The molecule has 7 nitrogen and oxygen atoms in total.